The third-order valence-electron chi connectivity index (χ3n) is 2.20. The van der Waals surface area contributed by atoms with Crippen LogP contribution >= 0.6 is 24.2 Å². The second kappa shape index (κ2) is 8.61. The van der Waals surface area contributed by atoms with Crippen molar-refractivity contribution in [1.82, 2.24) is 14.9 Å². The predicted molar refractivity (Wildman–Crippen MR) is 72.2 cm³/mol. The summed E-state index contributed by atoms with van der Waals surface area (Å²) in [5.41, 5.74) is 5.50. The van der Waals surface area contributed by atoms with Gasteiger partial charge in [0.05, 0.1) is 0 Å². The minimum atomic E-state index is 0. The van der Waals surface area contributed by atoms with Crippen LogP contribution in [0, 0.1) is 0 Å². The molecule has 4 nitrogen and oxygen atoms in total. The van der Waals surface area contributed by atoms with Gasteiger partial charge in [0.15, 0.2) is 0 Å². The van der Waals surface area contributed by atoms with Gasteiger partial charge in [-0.2, -0.15) is 0 Å². The molecule has 0 bridgehead atoms. The predicted octanol–water partition coefficient (Wildman–Crippen LogP) is 1.91. The number of nitrogens with two attached hydrogens (primary N) is 1. The van der Waals surface area contributed by atoms with Crippen LogP contribution in [0.1, 0.15) is 13.8 Å². The number of thioether (sulfide) groups is 1. The van der Waals surface area contributed by atoms with Crippen LogP contribution in [0.2, 0.25) is 0 Å². The van der Waals surface area contributed by atoms with Gasteiger partial charge in [0.2, 0.25) is 5.95 Å². The zero-order valence-corrected chi connectivity index (χ0v) is 11.4. The molecule has 1 aromatic heterocycles. The number of aromatic nitrogens is 2. The van der Waals surface area contributed by atoms with E-state index in [2.05, 4.69) is 28.7 Å². The number of hydrogen-bond acceptors (Lipinski definition) is 5. The minimum Gasteiger partial charge on any atom is -0.368 e. The van der Waals surface area contributed by atoms with Crippen molar-refractivity contribution in [3.05, 3.63) is 12.3 Å². The fourth-order valence-electron chi connectivity index (χ4n) is 1.26. The molecule has 0 saturated heterocycles. The van der Waals surface area contributed by atoms with Gasteiger partial charge in [-0.1, -0.05) is 13.8 Å². The van der Waals surface area contributed by atoms with Gasteiger partial charge in [-0.15, -0.1) is 24.2 Å². The minimum absolute atomic E-state index is 0. The number of hydrogen-bond donors (Lipinski definition) is 1. The molecule has 0 amide bonds. The number of nitrogen functional groups attached to an aromatic ring is 1. The summed E-state index contributed by atoms with van der Waals surface area (Å²) in [7, 11) is 0. The molecule has 0 aromatic carbocycles. The molecule has 0 aliphatic heterocycles. The summed E-state index contributed by atoms with van der Waals surface area (Å²) in [4.78, 5) is 10.4. The highest BCUT2D eigenvalue weighted by Crippen LogP contribution is 2.14. The van der Waals surface area contributed by atoms with Gasteiger partial charge in [0.25, 0.3) is 0 Å². The number of nitrogens with zero attached hydrogens (tertiary/aromatic N) is 3. The highest BCUT2D eigenvalue weighted by molar-refractivity contribution is 7.99. The van der Waals surface area contributed by atoms with E-state index in [9.17, 15) is 0 Å². The van der Waals surface area contributed by atoms with Crippen LogP contribution in [0.15, 0.2) is 17.3 Å². The summed E-state index contributed by atoms with van der Waals surface area (Å²) in [6, 6.07) is 1.89. The van der Waals surface area contributed by atoms with Gasteiger partial charge in [-0.05, 0) is 19.2 Å². The number of anilines is 1. The maximum atomic E-state index is 5.50. The molecule has 2 N–H and O–H groups in total. The lowest BCUT2D eigenvalue weighted by Gasteiger charge is -2.16. The van der Waals surface area contributed by atoms with Crippen LogP contribution in [-0.4, -0.2) is 40.3 Å². The fourth-order valence-corrected chi connectivity index (χ4v) is 2.13. The third kappa shape index (κ3) is 5.53. The normalized spacial score (nSPS) is 10.2. The van der Waals surface area contributed by atoms with E-state index in [-0.39, 0.29) is 12.4 Å². The molecular formula is C10H19ClN4S. The lowest BCUT2D eigenvalue weighted by molar-refractivity contribution is 0.324. The topological polar surface area (TPSA) is 55.0 Å². The summed E-state index contributed by atoms with van der Waals surface area (Å²) >= 11 is 1.72. The molecule has 92 valence electrons. The van der Waals surface area contributed by atoms with Crippen LogP contribution in [-0.2, 0) is 0 Å². The molecule has 1 rings (SSSR count). The van der Waals surface area contributed by atoms with E-state index in [0.29, 0.717) is 5.95 Å². The summed E-state index contributed by atoms with van der Waals surface area (Å²) in [6.45, 7) is 7.64. The molecular weight excluding hydrogens is 244 g/mol. The van der Waals surface area contributed by atoms with Gasteiger partial charge in [-0.25, -0.2) is 9.97 Å². The van der Waals surface area contributed by atoms with Gasteiger partial charge in [-0.3, -0.25) is 0 Å². The molecule has 0 aliphatic carbocycles. The first kappa shape index (κ1) is 15.5. The van der Waals surface area contributed by atoms with Crippen molar-refractivity contribution >= 4 is 30.1 Å². The first-order valence-corrected chi connectivity index (χ1v) is 6.18. The van der Waals surface area contributed by atoms with Crippen molar-refractivity contribution in [1.29, 1.82) is 0 Å². The molecule has 1 aromatic rings. The molecule has 6 heteroatoms. The summed E-state index contributed by atoms with van der Waals surface area (Å²) in [6.07, 6.45) is 1.70. The Morgan fingerprint density at radius 3 is 2.62 bits per heavy atom. The van der Waals surface area contributed by atoms with Crippen LogP contribution in [0.5, 0.6) is 0 Å². The number of halogens is 1. The molecule has 0 unspecified atom stereocenters. The van der Waals surface area contributed by atoms with Gasteiger partial charge >= 0.3 is 0 Å². The van der Waals surface area contributed by atoms with E-state index < -0.39 is 0 Å². The van der Waals surface area contributed by atoms with Crippen LogP contribution in [0.25, 0.3) is 0 Å². The number of rotatable bonds is 6. The van der Waals surface area contributed by atoms with Gasteiger partial charge < -0.3 is 10.6 Å². The Kier molecular flexibility index (Phi) is 8.33. The van der Waals surface area contributed by atoms with E-state index in [0.717, 1.165) is 30.4 Å². The maximum Gasteiger partial charge on any atom is 0.221 e. The molecule has 0 fully saturated rings. The summed E-state index contributed by atoms with van der Waals surface area (Å²) in [5, 5.41) is 0.953. The van der Waals surface area contributed by atoms with Crippen molar-refractivity contribution in [2.75, 3.05) is 31.1 Å². The van der Waals surface area contributed by atoms with Crippen LogP contribution < -0.4 is 5.73 Å². The van der Waals surface area contributed by atoms with Gasteiger partial charge in [0.1, 0.15) is 5.03 Å². The van der Waals surface area contributed by atoms with E-state index in [4.69, 9.17) is 5.73 Å². The van der Waals surface area contributed by atoms with E-state index in [1.807, 2.05) is 6.07 Å². The van der Waals surface area contributed by atoms with Crippen molar-refractivity contribution < 1.29 is 0 Å². The van der Waals surface area contributed by atoms with E-state index in [1.165, 1.54) is 0 Å². The Balaban J connectivity index is 0.00000225. The smallest absolute Gasteiger partial charge is 0.221 e. The average molecular weight is 263 g/mol. The molecule has 1 heterocycles. The summed E-state index contributed by atoms with van der Waals surface area (Å²) < 4.78 is 0. The Bertz CT molecular complexity index is 294. The second-order valence-corrected chi connectivity index (χ2v) is 4.24. The highest BCUT2D eigenvalue weighted by atomic mass is 35.5. The summed E-state index contributed by atoms with van der Waals surface area (Å²) in [5.74, 6) is 1.39. The fraction of sp³-hybridized carbons (Fsp3) is 0.600. The van der Waals surface area contributed by atoms with Crippen molar-refractivity contribution in [3.8, 4) is 0 Å². The molecule has 16 heavy (non-hydrogen) atoms. The SMILES string of the molecule is CCN(CC)CCSc1ccnc(N)n1.Cl. The van der Waals surface area contributed by atoms with Crippen molar-refractivity contribution in [3.63, 3.8) is 0 Å². The Morgan fingerprint density at radius 2 is 2.06 bits per heavy atom. The lowest BCUT2D eigenvalue weighted by atomic mass is 10.5. The maximum absolute atomic E-state index is 5.50. The standard InChI is InChI=1S/C10H18N4S.ClH/c1-3-14(4-2)7-8-15-9-5-6-12-10(11)13-9;/h5-6H,3-4,7-8H2,1-2H3,(H2,11,12,13);1H. The first-order chi connectivity index (χ1) is 7.26. The highest BCUT2D eigenvalue weighted by Gasteiger charge is 2.00. The zero-order chi connectivity index (χ0) is 11.1. The zero-order valence-electron chi connectivity index (χ0n) is 9.72. The Labute approximate surface area is 107 Å². The van der Waals surface area contributed by atoms with Crippen molar-refractivity contribution in [2.45, 2.75) is 18.9 Å². The average Bonchev–Trinajstić information content (AvgIpc) is 2.25. The van der Waals surface area contributed by atoms with E-state index in [1.54, 1.807) is 18.0 Å². The van der Waals surface area contributed by atoms with Crippen LogP contribution in [0.4, 0.5) is 5.95 Å². The molecule has 0 aliphatic rings. The first-order valence-electron chi connectivity index (χ1n) is 5.20. The Morgan fingerprint density at radius 1 is 1.38 bits per heavy atom. The van der Waals surface area contributed by atoms with E-state index >= 15 is 0 Å². The van der Waals surface area contributed by atoms with Crippen LogP contribution in [0.3, 0.4) is 0 Å². The monoisotopic (exact) mass is 262 g/mol. The van der Waals surface area contributed by atoms with Crippen molar-refractivity contribution in [2.24, 2.45) is 0 Å². The van der Waals surface area contributed by atoms with Gasteiger partial charge in [0, 0.05) is 18.5 Å². The molecule has 0 radical (unpaired) electrons. The largest absolute Gasteiger partial charge is 0.368 e. The third-order valence-corrected chi connectivity index (χ3v) is 3.11. The Hall–Kier alpha value is -0.520. The molecule has 0 atom stereocenters. The second-order valence-electron chi connectivity index (χ2n) is 3.13. The molecule has 0 saturated carbocycles. The quantitative estimate of drug-likeness (QED) is 0.627. The lowest BCUT2D eigenvalue weighted by Crippen LogP contribution is -2.25. The molecule has 0 spiro atoms.